The zero-order valence-electron chi connectivity index (χ0n) is 9.67. The van der Waals surface area contributed by atoms with Gasteiger partial charge in [-0.15, -0.1) is 0 Å². The van der Waals surface area contributed by atoms with Gasteiger partial charge in [0.15, 0.2) is 0 Å². The van der Waals surface area contributed by atoms with E-state index in [1.165, 1.54) is 0 Å². The third kappa shape index (κ3) is 3.16. The van der Waals surface area contributed by atoms with Crippen LogP contribution in [0.2, 0.25) is 10.0 Å². The molecule has 0 saturated heterocycles. The van der Waals surface area contributed by atoms with Gasteiger partial charge in [0.25, 0.3) is 0 Å². The molecule has 0 fully saturated rings. The molecule has 0 amide bonds. The summed E-state index contributed by atoms with van der Waals surface area (Å²) in [7, 11) is 0. The Kier molecular flexibility index (Phi) is 4.49. The maximum atomic E-state index is 6.15. The number of halogens is 3. The van der Waals surface area contributed by atoms with Crippen LogP contribution in [0.15, 0.2) is 34.9 Å². The fourth-order valence-corrected chi connectivity index (χ4v) is 2.30. The SMILES string of the molecule is Cc1ccc(CNc2ccc(Br)c(Cl)c2Cl)cn1. The van der Waals surface area contributed by atoms with E-state index in [1.807, 2.05) is 37.4 Å². The van der Waals surface area contributed by atoms with Crippen molar-refractivity contribution < 1.29 is 0 Å². The van der Waals surface area contributed by atoms with E-state index < -0.39 is 0 Å². The summed E-state index contributed by atoms with van der Waals surface area (Å²) in [5.74, 6) is 0. The quantitative estimate of drug-likeness (QED) is 0.785. The molecule has 5 heteroatoms. The molecule has 1 aromatic carbocycles. The molecule has 0 radical (unpaired) electrons. The highest BCUT2D eigenvalue weighted by Gasteiger charge is 2.07. The fraction of sp³-hybridized carbons (Fsp3) is 0.154. The Morgan fingerprint density at radius 1 is 1.17 bits per heavy atom. The minimum atomic E-state index is 0.517. The average molecular weight is 346 g/mol. The second-order valence-corrected chi connectivity index (χ2v) is 5.49. The maximum absolute atomic E-state index is 6.15. The molecule has 2 rings (SSSR count). The largest absolute Gasteiger partial charge is 0.380 e. The van der Waals surface area contributed by atoms with Gasteiger partial charge in [0.2, 0.25) is 0 Å². The van der Waals surface area contributed by atoms with Crippen LogP contribution in [-0.4, -0.2) is 4.98 Å². The van der Waals surface area contributed by atoms with Crippen LogP contribution in [0.5, 0.6) is 0 Å². The molecule has 1 aromatic heterocycles. The number of rotatable bonds is 3. The third-order valence-electron chi connectivity index (χ3n) is 2.49. The van der Waals surface area contributed by atoms with Crippen molar-refractivity contribution in [2.75, 3.05) is 5.32 Å². The standard InChI is InChI=1S/C13H11BrCl2N2/c1-8-2-3-9(6-17-8)7-18-11-5-4-10(14)12(15)13(11)16/h2-6,18H,7H2,1H3. The van der Waals surface area contributed by atoms with Crippen molar-refractivity contribution in [3.8, 4) is 0 Å². The second kappa shape index (κ2) is 5.91. The van der Waals surface area contributed by atoms with Crippen molar-refractivity contribution in [2.24, 2.45) is 0 Å². The van der Waals surface area contributed by atoms with Crippen LogP contribution in [0.25, 0.3) is 0 Å². The summed E-state index contributed by atoms with van der Waals surface area (Å²) in [5.41, 5.74) is 2.91. The van der Waals surface area contributed by atoms with E-state index in [0.29, 0.717) is 16.6 Å². The van der Waals surface area contributed by atoms with Crippen molar-refractivity contribution in [2.45, 2.75) is 13.5 Å². The van der Waals surface area contributed by atoms with Crippen LogP contribution in [0.1, 0.15) is 11.3 Å². The Labute approximate surface area is 124 Å². The molecule has 0 saturated carbocycles. The zero-order chi connectivity index (χ0) is 13.1. The van der Waals surface area contributed by atoms with E-state index in [1.54, 1.807) is 0 Å². The van der Waals surface area contributed by atoms with Crippen molar-refractivity contribution in [1.29, 1.82) is 0 Å². The minimum absolute atomic E-state index is 0.517. The van der Waals surface area contributed by atoms with Gasteiger partial charge in [0.1, 0.15) is 0 Å². The molecule has 0 atom stereocenters. The van der Waals surface area contributed by atoms with Gasteiger partial charge in [-0.05, 0) is 46.6 Å². The van der Waals surface area contributed by atoms with Gasteiger partial charge in [-0.3, -0.25) is 4.98 Å². The number of aromatic nitrogens is 1. The lowest BCUT2D eigenvalue weighted by Gasteiger charge is -2.10. The summed E-state index contributed by atoms with van der Waals surface area (Å²) in [6, 6.07) is 7.76. The normalized spacial score (nSPS) is 10.4. The first-order valence-electron chi connectivity index (χ1n) is 5.37. The number of nitrogens with one attached hydrogen (secondary N) is 1. The third-order valence-corrected chi connectivity index (χ3v) is 4.26. The fourth-order valence-electron chi connectivity index (χ4n) is 1.46. The molecule has 1 heterocycles. The topological polar surface area (TPSA) is 24.9 Å². The number of pyridine rings is 1. The predicted molar refractivity (Wildman–Crippen MR) is 80.5 cm³/mol. The van der Waals surface area contributed by atoms with Crippen molar-refractivity contribution in [3.63, 3.8) is 0 Å². The van der Waals surface area contributed by atoms with Gasteiger partial charge in [-0.25, -0.2) is 0 Å². The van der Waals surface area contributed by atoms with Gasteiger partial charge in [-0.1, -0.05) is 29.3 Å². The summed E-state index contributed by atoms with van der Waals surface area (Å²) < 4.78 is 0.789. The first-order chi connectivity index (χ1) is 8.58. The number of benzene rings is 1. The van der Waals surface area contributed by atoms with Crippen molar-refractivity contribution in [3.05, 3.63) is 56.2 Å². The van der Waals surface area contributed by atoms with E-state index >= 15 is 0 Å². The molecule has 0 aliphatic rings. The summed E-state index contributed by atoms with van der Waals surface area (Å²) in [6.07, 6.45) is 1.84. The molecule has 0 bridgehead atoms. The van der Waals surface area contributed by atoms with E-state index in [4.69, 9.17) is 23.2 Å². The van der Waals surface area contributed by atoms with Gasteiger partial charge in [-0.2, -0.15) is 0 Å². The molecule has 0 aliphatic heterocycles. The number of hydrogen-bond acceptors (Lipinski definition) is 2. The molecule has 18 heavy (non-hydrogen) atoms. The van der Waals surface area contributed by atoms with Crippen LogP contribution in [-0.2, 0) is 6.54 Å². The Balaban J connectivity index is 2.11. The smallest absolute Gasteiger partial charge is 0.0835 e. The first-order valence-corrected chi connectivity index (χ1v) is 6.91. The van der Waals surface area contributed by atoms with E-state index in [2.05, 4.69) is 26.2 Å². The number of hydrogen-bond donors (Lipinski definition) is 1. The first kappa shape index (κ1) is 13.7. The van der Waals surface area contributed by atoms with Crippen LogP contribution in [0, 0.1) is 6.92 Å². The molecule has 2 aromatic rings. The van der Waals surface area contributed by atoms with Crippen molar-refractivity contribution in [1.82, 2.24) is 4.98 Å². The predicted octanol–water partition coefficient (Wildman–Crippen LogP) is 5.07. The molecule has 0 aliphatic carbocycles. The van der Waals surface area contributed by atoms with E-state index in [9.17, 15) is 0 Å². The van der Waals surface area contributed by atoms with E-state index in [-0.39, 0.29) is 0 Å². The Hall–Kier alpha value is -0.770. The zero-order valence-corrected chi connectivity index (χ0v) is 12.8. The average Bonchev–Trinajstić information content (AvgIpc) is 2.37. The summed E-state index contributed by atoms with van der Waals surface area (Å²) >= 11 is 15.5. The van der Waals surface area contributed by atoms with Crippen molar-refractivity contribution >= 4 is 44.8 Å². The molecule has 1 N–H and O–H groups in total. The second-order valence-electron chi connectivity index (χ2n) is 3.88. The number of anilines is 1. The lowest BCUT2D eigenvalue weighted by atomic mass is 10.2. The van der Waals surface area contributed by atoms with Gasteiger partial charge < -0.3 is 5.32 Å². The molecular formula is C13H11BrCl2N2. The summed E-state index contributed by atoms with van der Waals surface area (Å²) in [6.45, 7) is 2.62. The highest BCUT2D eigenvalue weighted by atomic mass is 79.9. The Morgan fingerprint density at radius 3 is 2.61 bits per heavy atom. The maximum Gasteiger partial charge on any atom is 0.0835 e. The lowest BCUT2D eigenvalue weighted by molar-refractivity contribution is 1.09. The van der Waals surface area contributed by atoms with Crippen LogP contribution in [0.3, 0.4) is 0 Å². The minimum Gasteiger partial charge on any atom is -0.380 e. The molecule has 94 valence electrons. The van der Waals surface area contributed by atoms with Gasteiger partial charge in [0.05, 0.1) is 15.7 Å². The summed E-state index contributed by atoms with van der Waals surface area (Å²) in [5, 5.41) is 4.28. The summed E-state index contributed by atoms with van der Waals surface area (Å²) in [4.78, 5) is 4.24. The molecular weight excluding hydrogens is 335 g/mol. The molecule has 0 unspecified atom stereocenters. The van der Waals surface area contributed by atoms with Gasteiger partial charge in [0, 0.05) is 22.9 Å². The number of nitrogens with zero attached hydrogens (tertiary/aromatic N) is 1. The van der Waals surface area contributed by atoms with Gasteiger partial charge >= 0.3 is 0 Å². The Bertz CT molecular complexity index is 556. The van der Waals surface area contributed by atoms with Crippen LogP contribution >= 0.6 is 39.1 Å². The highest BCUT2D eigenvalue weighted by molar-refractivity contribution is 9.10. The van der Waals surface area contributed by atoms with Crippen LogP contribution < -0.4 is 5.32 Å². The number of aryl methyl sites for hydroxylation is 1. The Morgan fingerprint density at radius 2 is 1.94 bits per heavy atom. The lowest BCUT2D eigenvalue weighted by Crippen LogP contribution is -2.01. The molecule has 2 nitrogen and oxygen atoms in total. The van der Waals surface area contributed by atoms with Crippen LogP contribution in [0.4, 0.5) is 5.69 Å². The van der Waals surface area contributed by atoms with E-state index in [0.717, 1.165) is 21.4 Å². The molecule has 0 spiro atoms. The monoisotopic (exact) mass is 344 g/mol. The highest BCUT2D eigenvalue weighted by Crippen LogP contribution is 2.35.